The van der Waals surface area contributed by atoms with Crippen molar-refractivity contribution in [3.63, 3.8) is 0 Å². The molecule has 0 fully saturated rings. The van der Waals surface area contributed by atoms with Gasteiger partial charge in [0.1, 0.15) is 0 Å². The van der Waals surface area contributed by atoms with E-state index in [-0.39, 0.29) is 0 Å². The number of aryl methyl sites for hydroxylation is 1. The maximum absolute atomic E-state index is 5.03. The lowest BCUT2D eigenvalue weighted by Gasteiger charge is -2.11. The predicted octanol–water partition coefficient (Wildman–Crippen LogP) is 1.98. The summed E-state index contributed by atoms with van der Waals surface area (Å²) >= 11 is 1.70. The number of unbranched alkanes of at least 4 members (excludes halogenated alkanes) is 2. The predicted molar refractivity (Wildman–Crippen MR) is 85.6 cm³/mol. The van der Waals surface area contributed by atoms with E-state index in [1.165, 1.54) is 6.42 Å². The van der Waals surface area contributed by atoms with Gasteiger partial charge in [-0.2, -0.15) is 0 Å². The fourth-order valence-corrected chi connectivity index (χ4v) is 2.45. The number of methoxy groups -OCH3 is 1. The molecule has 0 aromatic carbocycles. The van der Waals surface area contributed by atoms with Gasteiger partial charge in [-0.1, -0.05) is 0 Å². The van der Waals surface area contributed by atoms with E-state index in [1.54, 1.807) is 25.5 Å². The molecular formula is C14H26N4OS. The molecule has 0 saturated carbocycles. The van der Waals surface area contributed by atoms with E-state index in [4.69, 9.17) is 4.74 Å². The SMILES string of the molecule is CN=C(NCCCCCOC)NCCc1csc(C)n1. The highest BCUT2D eigenvalue weighted by molar-refractivity contribution is 7.09. The maximum Gasteiger partial charge on any atom is 0.190 e. The minimum Gasteiger partial charge on any atom is -0.385 e. The van der Waals surface area contributed by atoms with Crippen molar-refractivity contribution in [2.75, 3.05) is 33.9 Å². The summed E-state index contributed by atoms with van der Waals surface area (Å²) < 4.78 is 5.03. The fraction of sp³-hybridized carbons (Fsp3) is 0.714. The number of rotatable bonds is 9. The molecular weight excluding hydrogens is 272 g/mol. The summed E-state index contributed by atoms with van der Waals surface area (Å²) in [6, 6.07) is 0. The van der Waals surface area contributed by atoms with Gasteiger partial charge in [-0.3, -0.25) is 4.99 Å². The Kier molecular flexibility index (Phi) is 8.98. The average molecular weight is 298 g/mol. The summed E-state index contributed by atoms with van der Waals surface area (Å²) in [5.74, 6) is 0.865. The van der Waals surface area contributed by atoms with Gasteiger partial charge in [0.05, 0.1) is 10.7 Å². The molecule has 2 N–H and O–H groups in total. The number of hydrogen-bond donors (Lipinski definition) is 2. The lowest BCUT2D eigenvalue weighted by atomic mass is 10.2. The Hall–Kier alpha value is -1.14. The van der Waals surface area contributed by atoms with Crippen LogP contribution in [-0.2, 0) is 11.2 Å². The molecule has 0 atom stereocenters. The van der Waals surface area contributed by atoms with Crippen molar-refractivity contribution in [3.8, 4) is 0 Å². The van der Waals surface area contributed by atoms with Gasteiger partial charge in [0.25, 0.3) is 0 Å². The number of guanidine groups is 1. The van der Waals surface area contributed by atoms with E-state index in [0.29, 0.717) is 0 Å². The first kappa shape index (κ1) is 16.9. The van der Waals surface area contributed by atoms with E-state index >= 15 is 0 Å². The molecule has 6 heteroatoms. The van der Waals surface area contributed by atoms with Crippen LogP contribution >= 0.6 is 11.3 Å². The summed E-state index contributed by atoms with van der Waals surface area (Å²) in [6.45, 7) is 4.68. The Labute approximate surface area is 125 Å². The first-order valence-corrected chi connectivity index (χ1v) is 7.98. The lowest BCUT2D eigenvalue weighted by molar-refractivity contribution is 0.192. The van der Waals surface area contributed by atoms with Crippen molar-refractivity contribution in [2.24, 2.45) is 4.99 Å². The summed E-state index contributed by atoms with van der Waals surface area (Å²) in [7, 11) is 3.54. The third kappa shape index (κ3) is 7.45. The highest BCUT2D eigenvalue weighted by Gasteiger charge is 2.00. The van der Waals surface area contributed by atoms with E-state index in [0.717, 1.165) is 55.6 Å². The van der Waals surface area contributed by atoms with Gasteiger partial charge in [0.2, 0.25) is 0 Å². The molecule has 20 heavy (non-hydrogen) atoms. The number of nitrogens with zero attached hydrogens (tertiary/aromatic N) is 2. The van der Waals surface area contributed by atoms with Gasteiger partial charge in [0, 0.05) is 45.7 Å². The third-order valence-electron chi connectivity index (χ3n) is 2.88. The first-order chi connectivity index (χ1) is 9.76. The Balaban J connectivity index is 2.07. The Morgan fingerprint density at radius 3 is 2.75 bits per heavy atom. The van der Waals surface area contributed by atoms with Crippen LogP contribution in [0, 0.1) is 6.92 Å². The molecule has 0 aliphatic heterocycles. The first-order valence-electron chi connectivity index (χ1n) is 7.10. The smallest absolute Gasteiger partial charge is 0.190 e. The number of aromatic nitrogens is 1. The second-order valence-electron chi connectivity index (χ2n) is 4.59. The number of ether oxygens (including phenoxy) is 1. The summed E-state index contributed by atoms with van der Waals surface area (Å²) in [5, 5.41) is 9.86. The molecule has 0 radical (unpaired) electrons. The quantitative estimate of drug-likeness (QED) is 0.416. The molecule has 1 rings (SSSR count). The molecule has 114 valence electrons. The van der Waals surface area contributed by atoms with Crippen molar-refractivity contribution < 1.29 is 4.74 Å². The molecule has 0 bridgehead atoms. The van der Waals surface area contributed by atoms with E-state index in [1.807, 2.05) is 6.92 Å². The zero-order chi connectivity index (χ0) is 14.6. The van der Waals surface area contributed by atoms with Gasteiger partial charge in [0.15, 0.2) is 5.96 Å². The Morgan fingerprint density at radius 2 is 2.10 bits per heavy atom. The van der Waals surface area contributed by atoms with Crippen LogP contribution in [0.2, 0.25) is 0 Å². The maximum atomic E-state index is 5.03. The topological polar surface area (TPSA) is 58.5 Å². The van der Waals surface area contributed by atoms with E-state index in [2.05, 4.69) is 26.0 Å². The van der Waals surface area contributed by atoms with Crippen molar-refractivity contribution >= 4 is 17.3 Å². The molecule has 1 aromatic rings. The van der Waals surface area contributed by atoms with Crippen LogP contribution in [0.4, 0.5) is 0 Å². The van der Waals surface area contributed by atoms with Crippen LogP contribution < -0.4 is 10.6 Å². The van der Waals surface area contributed by atoms with Crippen molar-refractivity contribution in [1.82, 2.24) is 15.6 Å². The lowest BCUT2D eigenvalue weighted by Crippen LogP contribution is -2.38. The number of aliphatic imine (C=N–C) groups is 1. The van der Waals surface area contributed by atoms with Gasteiger partial charge in [-0.05, 0) is 26.2 Å². The number of nitrogens with one attached hydrogen (secondary N) is 2. The van der Waals surface area contributed by atoms with Crippen LogP contribution in [0.1, 0.15) is 30.0 Å². The largest absolute Gasteiger partial charge is 0.385 e. The second-order valence-corrected chi connectivity index (χ2v) is 5.65. The van der Waals surface area contributed by atoms with Gasteiger partial charge >= 0.3 is 0 Å². The van der Waals surface area contributed by atoms with Crippen molar-refractivity contribution in [2.45, 2.75) is 32.6 Å². The molecule has 1 heterocycles. The summed E-state index contributed by atoms with van der Waals surface area (Å²) in [5.41, 5.74) is 1.15. The monoisotopic (exact) mass is 298 g/mol. The molecule has 0 saturated heterocycles. The van der Waals surface area contributed by atoms with Crippen molar-refractivity contribution in [3.05, 3.63) is 16.1 Å². The van der Waals surface area contributed by atoms with Crippen LogP contribution in [0.3, 0.4) is 0 Å². The highest BCUT2D eigenvalue weighted by Crippen LogP contribution is 2.07. The summed E-state index contributed by atoms with van der Waals surface area (Å²) in [6.07, 6.45) is 4.36. The Morgan fingerprint density at radius 1 is 1.30 bits per heavy atom. The van der Waals surface area contributed by atoms with Crippen LogP contribution in [0.5, 0.6) is 0 Å². The van der Waals surface area contributed by atoms with Gasteiger partial charge in [-0.15, -0.1) is 11.3 Å². The van der Waals surface area contributed by atoms with Crippen LogP contribution in [-0.4, -0.2) is 44.8 Å². The normalized spacial score (nSPS) is 11.7. The number of hydrogen-bond acceptors (Lipinski definition) is 4. The molecule has 0 unspecified atom stereocenters. The highest BCUT2D eigenvalue weighted by atomic mass is 32.1. The van der Waals surface area contributed by atoms with Crippen LogP contribution in [0.15, 0.2) is 10.4 Å². The van der Waals surface area contributed by atoms with E-state index < -0.39 is 0 Å². The van der Waals surface area contributed by atoms with Crippen LogP contribution in [0.25, 0.3) is 0 Å². The third-order valence-corrected chi connectivity index (χ3v) is 3.70. The second kappa shape index (κ2) is 10.6. The summed E-state index contributed by atoms with van der Waals surface area (Å²) in [4.78, 5) is 8.65. The molecule has 0 amide bonds. The zero-order valence-electron chi connectivity index (χ0n) is 12.7. The van der Waals surface area contributed by atoms with Crippen molar-refractivity contribution in [1.29, 1.82) is 0 Å². The van der Waals surface area contributed by atoms with E-state index in [9.17, 15) is 0 Å². The molecule has 1 aromatic heterocycles. The minimum absolute atomic E-state index is 0.847. The van der Waals surface area contributed by atoms with Gasteiger partial charge < -0.3 is 15.4 Å². The Bertz CT molecular complexity index is 392. The zero-order valence-corrected chi connectivity index (χ0v) is 13.6. The molecule has 0 aliphatic carbocycles. The fourth-order valence-electron chi connectivity index (χ4n) is 1.81. The number of thiazole rings is 1. The average Bonchev–Trinajstić information content (AvgIpc) is 2.86. The molecule has 0 spiro atoms. The molecule has 5 nitrogen and oxygen atoms in total. The molecule has 0 aliphatic rings. The minimum atomic E-state index is 0.847. The standard InChI is InChI=1S/C14H26N4OS/c1-12-18-13(11-20-12)7-9-17-14(15-2)16-8-5-4-6-10-19-3/h11H,4-10H2,1-3H3,(H2,15,16,17). The van der Waals surface area contributed by atoms with Gasteiger partial charge in [-0.25, -0.2) is 4.98 Å².